The summed E-state index contributed by atoms with van der Waals surface area (Å²) in [5, 5.41) is 9.29. The molecule has 0 aromatic carbocycles. The molecule has 2 aliphatic carbocycles. The molecule has 4 unspecified atom stereocenters. The van der Waals surface area contributed by atoms with Gasteiger partial charge in [-0.1, -0.05) is 26.7 Å². The lowest BCUT2D eigenvalue weighted by Crippen LogP contribution is -2.49. The number of aliphatic hydroxyl groups is 1. The fourth-order valence-corrected chi connectivity index (χ4v) is 4.04. The van der Waals surface area contributed by atoms with E-state index in [9.17, 15) is 9.90 Å². The smallest absolute Gasteiger partial charge is 0.226 e. The second kappa shape index (κ2) is 6.90. The normalized spacial score (nSPS) is 35.2. The molecule has 2 rings (SSSR count). The quantitative estimate of drug-likeness (QED) is 0.825. The van der Waals surface area contributed by atoms with Crippen LogP contribution in [-0.4, -0.2) is 41.1 Å². The monoisotopic (exact) mass is 282 g/mol. The van der Waals surface area contributed by atoms with Crippen molar-refractivity contribution < 1.29 is 9.90 Å². The van der Waals surface area contributed by atoms with E-state index in [1.165, 1.54) is 12.8 Å². The Morgan fingerprint density at radius 1 is 1.20 bits per heavy atom. The molecular formula is C16H30N2O2. The highest BCUT2D eigenvalue weighted by atomic mass is 16.3. The van der Waals surface area contributed by atoms with E-state index in [-0.39, 0.29) is 24.5 Å². The molecule has 116 valence electrons. The van der Waals surface area contributed by atoms with Crippen LogP contribution >= 0.6 is 0 Å². The third-order valence-corrected chi connectivity index (χ3v) is 5.39. The standard InChI is InChI=1S/C16H30N2O2/c1-11-9-12(2)15(17)10-14(11)16(20)18(7-8-19)13-5-3-4-6-13/h11-15,19H,3-10,17H2,1-2H3. The average molecular weight is 282 g/mol. The first-order valence-electron chi connectivity index (χ1n) is 8.21. The molecule has 2 fully saturated rings. The van der Waals surface area contributed by atoms with Crippen molar-refractivity contribution in [3.8, 4) is 0 Å². The Hall–Kier alpha value is -0.610. The number of carbonyl (C=O) groups excluding carboxylic acids is 1. The first kappa shape index (κ1) is 15.8. The van der Waals surface area contributed by atoms with E-state index in [1.807, 2.05) is 4.90 Å². The molecule has 2 aliphatic rings. The van der Waals surface area contributed by atoms with Crippen LogP contribution in [0.25, 0.3) is 0 Å². The van der Waals surface area contributed by atoms with Crippen LogP contribution in [0.4, 0.5) is 0 Å². The number of rotatable bonds is 4. The number of aliphatic hydroxyl groups excluding tert-OH is 1. The molecule has 3 N–H and O–H groups in total. The van der Waals surface area contributed by atoms with Crippen molar-refractivity contribution in [2.24, 2.45) is 23.5 Å². The zero-order valence-electron chi connectivity index (χ0n) is 12.9. The van der Waals surface area contributed by atoms with E-state index in [0.29, 0.717) is 24.4 Å². The molecule has 20 heavy (non-hydrogen) atoms. The number of hydrogen-bond donors (Lipinski definition) is 2. The van der Waals surface area contributed by atoms with Gasteiger partial charge in [-0.2, -0.15) is 0 Å². The van der Waals surface area contributed by atoms with Crippen molar-refractivity contribution in [1.29, 1.82) is 0 Å². The van der Waals surface area contributed by atoms with Crippen molar-refractivity contribution in [3.05, 3.63) is 0 Å². The van der Waals surface area contributed by atoms with Gasteiger partial charge in [-0.3, -0.25) is 4.79 Å². The Kier molecular flexibility index (Phi) is 5.44. The van der Waals surface area contributed by atoms with Crippen LogP contribution in [0.15, 0.2) is 0 Å². The van der Waals surface area contributed by atoms with Gasteiger partial charge in [0.15, 0.2) is 0 Å². The number of nitrogens with zero attached hydrogens (tertiary/aromatic N) is 1. The molecule has 4 nitrogen and oxygen atoms in total. The van der Waals surface area contributed by atoms with Crippen molar-refractivity contribution in [3.63, 3.8) is 0 Å². The Balaban J connectivity index is 2.06. The predicted octanol–water partition coefficient (Wildman–Crippen LogP) is 1.76. The zero-order chi connectivity index (χ0) is 14.7. The number of nitrogens with two attached hydrogens (primary N) is 1. The van der Waals surface area contributed by atoms with Gasteiger partial charge in [-0.25, -0.2) is 0 Å². The zero-order valence-corrected chi connectivity index (χ0v) is 12.9. The Morgan fingerprint density at radius 2 is 1.85 bits per heavy atom. The Labute approximate surface area is 122 Å². The van der Waals surface area contributed by atoms with Gasteiger partial charge in [0.25, 0.3) is 0 Å². The van der Waals surface area contributed by atoms with Crippen LogP contribution in [0.3, 0.4) is 0 Å². The SMILES string of the molecule is CC1CC(C)C(C(=O)N(CCO)C2CCCC2)CC1N. The molecule has 0 saturated heterocycles. The van der Waals surface area contributed by atoms with Crippen molar-refractivity contribution in [2.45, 2.75) is 64.5 Å². The lowest BCUT2D eigenvalue weighted by Gasteiger charge is -2.40. The summed E-state index contributed by atoms with van der Waals surface area (Å²) < 4.78 is 0. The van der Waals surface area contributed by atoms with Crippen LogP contribution < -0.4 is 5.73 Å². The van der Waals surface area contributed by atoms with Crippen LogP contribution in [-0.2, 0) is 4.79 Å². The topological polar surface area (TPSA) is 66.6 Å². The van der Waals surface area contributed by atoms with Gasteiger partial charge in [0.1, 0.15) is 0 Å². The van der Waals surface area contributed by atoms with Gasteiger partial charge < -0.3 is 15.7 Å². The minimum absolute atomic E-state index is 0.0494. The van der Waals surface area contributed by atoms with Crippen LogP contribution in [0.1, 0.15) is 52.4 Å². The number of hydrogen-bond acceptors (Lipinski definition) is 3. The molecular weight excluding hydrogens is 252 g/mol. The van der Waals surface area contributed by atoms with Gasteiger partial charge in [-0.05, 0) is 37.5 Å². The lowest BCUT2D eigenvalue weighted by molar-refractivity contribution is -0.142. The predicted molar refractivity (Wildman–Crippen MR) is 80.1 cm³/mol. The molecule has 1 amide bonds. The number of carbonyl (C=O) groups is 1. The summed E-state index contributed by atoms with van der Waals surface area (Å²) in [5.41, 5.74) is 6.18. The van der Waals surface area contributed by atoms with Gasteiger partial charge in [0.05, 0.1) is 6.61 Å². The van der Waals surface area contributed by atoms with Crippen LogP contribution in [0.2, 0.25) is 0 Å². The molecule has 4 atom stereocenters. The fourth-order valence-electron chi connectivity index (χ4n) is 4.04. The molecule has 4 heteroatoms. The molecule has 0 spiro atoms. The van der Waals surface area contributed by atoms with Gasteiger partial charge in [0.2, 0.25) is 5.91 Å². The highest BCUT2D eigenvalue weighted by Gasteiger charge is 2.38. The molecule has 0 aromatic rings. The second-order valence-corrected chi connectivity index (χ2v) is 6.89. The maximum atomic E-state index is 12.9. The van der Waals surface area contributed by atoms with E-state index in [0.717, 1.165) is 25.7 Å². The molecule has 2 saturated carbocycles. The first-order valence-corrected chi connectivity index (χ1v) is 8.21. The van der Waals surface area contributed by atoms with Gasteiger partial charge in [-0.15, -0.1) is 0 Å². The highest BCUT2D eigenvalue weighted by Crippen LogP contribution is 2.35. The summed E-state index contributed by atoms with van der Waals surface area (Å²) in [6.45, 7) is 4.91. The number of amides is 1. The van der Waals surface area contributed by atoms with Gasteiger partial charge >= 0.3 is 0 Å². The molecule has 0 radical (unpaired) electrons. The lowest BCUT2D eigenvalue weighted by atomic mass is 9.72. The highest BCUT2D eigenvalue weighted by molar-refractivity contribution is 5.79. The van der Waals surface area contributed by atoms with Crippen molar-refractivity contribution in [1.82, 2.24) is 4.90 Å². The van der Waals surface area contributed by atoms with E-state index in [2.05, 4.69) is 13.8 Å². The average Bonchev–Trinajstić information content (AvgIpc) is 2.93. The third kappa shape index (κ3) is 3.34. The van der Waals surface area contributed by atoms with E-state index in [1.54, 1.807) is 0 Å². The van der Waals surface area contributed by atoms with E-state index >= 15 is 0 Å². The van der Waals surface area contributed by atoms with E-state index in [4.69, 9.17) is 5.73 Å². The Bertz CT molecular complexity index is 328. The van der Waals surface area contributed by atoms with Crippen LogP contribution in [0.5, 0.6) is 0 Å². The fraction of sp³-hybridized carbons (Fsp3) is 0.938. The van der Waals surface area contributed by atoms with Gasteiger partial charge in [0, 0.05) is 24.5 Å². The van der Waals surface area contributed by atoms with Crippen LogP contribution in [0, 0.1) is 17.8 Å². The third-order valence-electron chi connectivity index (χ3n) is 5.39. The molecule has 0 bridgehead atoms. The summed E-state index contributed by atoms with van der Waals surface area (Å²) in [4.78, 5) is 14.9. The van der Waals surface area contributed by atoms with Crippen molar-refractivity contribution in [2.75, 3.05) is 13.2 Å². The summed E-state index contributed by atoms with van der Waals surface area (Å²) in [5.74, 6) is 1.20. The largest absolute Gasteiger partial charge is 0.395 e. The summed E-state index contributed by atoms with van der Waals surface area (Å²) >= 11 is 0. The minimum atomic E-state index is 0.0494. The van der Waals surface area contributed by atoms with Crippen molar-refractivity contribution >= 4 is 5.91 Å². The maximum absolute atomic E-state index is 12.9. The molecule has 0 aromatic heterocycles. The summed E-state index contributed by atoms with van der Waals surface area (Å²) in [7, 11) is 0. The summed E-state index contributed by atoms with van der Waals surface area (Å²) in [6, 6.07) is 0.483. The van der Waals surface area contributed by atoms with E-state index < -0.39 is 0 Å². The summed E-state index contributed by atoms with van der Waals surface area (Å²) in [6.07, 6.45) is 6.43. The maximum Gasteiger partial charge on any atom is 0.226 e. The first-order chi connectivity index (χ1) is 9.54. The Morgan fingerprint density at radius 3 is 2.45 bits per heavy atom. The minimum Gasteiger partial charge on any atom is -0.395 e. The molecule has 0 heterocycles. The second-order valence-electron chi connectivity index (χ2n) is 6.89. The molecule has 0 aliphatic heterocycles.